The third-order valence-electron chi connectivity index (χ3n) is 4.71. The molecule has 0 saturated carbocycles. The van der Waals surface area contributed by atoms with E-state index in [2.05, 4.69) is 4.90 Å². The summed E-state index contributed by atoms with van der Waals surface area (Å²) in [6.07, 6.45) is 1.57. The lowest BCUT2D eigenvalue weighted by Crippen LogP contribution is -2.49. The molecule has 0 bridgehead atoms. The van der Waals surface area contributed by atoms with Crippen molar-refractivity contribution in [2.45, 2.75) is 0 Å². The first kappa shape index (κ1) is 19.0. The molecule has 2 aromatic carbocycles. The number of amides is 1. The molecule has 1 saturated heterocycles. The highest BCUT2D eigenvalue weighted by molar-refractivity contribution is 6.01. The molecular weight excluding hydrogens is 352 g/mol. The van der Waals surface area contributed by atoms with Crippen LogP contribution < -0.4 is 9.64 Å². The second kappa shape index (κ2) is 8.75. The average molecular weight is 372 g/mol. The van der Waals surface area contributed by atoms with Gasteiger partial charge in [0.15, 0.2) is 0 Å². The number of nitrogens with zero attached hydrogens (tertiary/aromatic N) is 4. The van der Waals surface area contributed by atoms with E-state index in [1.54, 1.807) is 42.4 Å². The van der Waals surface area contributed by atoms with Gasteiger partial charge in [-0.2, -0.15) is 10.5 Å². The lowest BCUT2D eigenvalue weighted by molar-refractivity contribution is -0.126. The van der Waals surface area contributed by atoms with Crippen molar-refractivity contribution in [2.75, 3.05) is 38.2 Å². The number of piperazine rings is 1. The van der Waals surface area contributed by atoms with Gasteiger partial charge in [0, 0.05) is 31.9 Å². The smallest absolute Gasteiger partial charge is 0.264 e. The topological polar surface area (TPSA) is 80.4 Å². The van der Waals surface area contributed by atoms with Gasteiger partial charge in [-0.3, -0.25) is 4.79 Å². The highest BCUT2D eigenvalue weighted by Gasteiger charge is 2.23. The van der Waals surface area contributed by atoms with Gasteiger partial charge in [0.2, 0.25) is 0 Å². The maximum atomic E-state index is 12.7. The number of hydrogen-bond acceptors (Lipinski definition) is 5. The lowest BCUT2D eigenvalue weighted by atomic mass is 10.1. The van der Waals surface area contributed by atoms with E-state index >= 15 is 0 Å². The normalized spacial score (nSPS) is 14.2. The summed E-state index contributed by atoms with van der Waals surface area (Å²) >= 11 is 0. The van der Waals surface area contributed by atoms with Gasteiger partial charge < -0.3 is 14.5 Å². The van der Waals surface area contributed by atoms with E-state index in [-0.39, 0.29) is 11.5 Å². The van der Waals surface area contributed by atoms with E-state index in [0.717, 1.165) is 17.0 Å². The van der Waals surface area contributed by atoms with E-state index in [9.17, 15) is 10.1 Å². The number of ether oxygens (including phenoxy) is 1. The van der Waals surface area contributed by atoms with Gasteiger partial charge in [-0.25, -0.2) is 0 Å². The fourth-order valence-electron chi connectivity index (χ4n) is 3.09. The molecule has 6 nitrogen and oxygen atoms in total. The molecule has 0 spiro atoms. The molecule has 0 N–H and O–H groups in total. The van der Waals surface area contributed by atoms with Gasteiger partial charge in [-0.1, -0.05) is 12.1 Å². The molecule has 0 aliphatic carbocycles. The molecule has 3 rings (SSSR count). The van der Waals surface area contributed by atoms with Crippen molar-refractivity contribution < 1.29 is 9.53 Å². The summed E-state index contributed by atoms with van der Waals surface area (Å²) in [7, 11) is 1.64. The minimum Gasteiger partial charge on any atom is -0.497 e. The van der Waals surface area contributed by atoms with Crippen LogP contribution in [0.2, 0.25) is 0 Å². The van der Waals surface area contributed by atoms with Crippen LogP contribution in [-0.4, -0.2) is 44.1 Å². The van der Waals surface area contributed by atoms with E-state index in [0.29, 0.717) is 31.7 Å². The van der Waals surface area contributed by atoms with E-state index < -0.39 is 0 Å². The molecule has 0 atom stereocenters. The molecule has 1 amide bonds. The van der Waals surface area contributed by atoms with E-state index in [1.807, 2.05) is 36.4 Å². The monoisotopic (exact) mass is 372 g/mol. The summed E-state index contributed by atoms with van der Waals surface area (Å²) in [5.74, 6) is 0.547. The van der Waals surface area contributed by atoms with E-state index in [1.165, 1.54) is 0 Å². The highest BCUT2D eigenvalue weighted by atomic mass is 16.5. The third-order valence-corrected chi connectivity index (χ3v) is 4.71. The first-order valence-electron chi connectivity index (χ1n) is 8.95. The van der Waals surface area contributed by atoms with Crippen LogP contribution in [0.4, 0.5) is 5.69 Å². The molecule has 2 aromatic rings. The summed E-state index contributed by atoms with van der Waals surface area (Å²) in [6.45, 7) is 2.51. The predicted molar refractivity (Wildman–Crippen MR) is 107 cm³/mol. The SMILES string of the molecule is COc1ccc(N2CCN(C(=O)/C(C#N)=C/c3ccc(C#N)cc3)CC2)cc1. The van der Waals surface area contributed by atoms with Crippen LogP contribution in [0.5, 0.6) is 5.75 Å². The number of nitriles is 2. The average Bonchev–Trinajstić information content (AvgIpc) is 2.77. The zero-order chi connectivity index (χ0) is 19.9. The molecule has 6 heteroatoms. The molecule has 1 aliphatic heterocycles. The first-order chi connectivity index (χ1) is 13.6. The summed E-state index contributed by atoms with van der Waals surface area (Å²) < 4.78 is 5.18. The zero-order valence-electron chi connectivity index (χ0n) is 15.6. The van der Waals surface area contributed by atoms with Crippen molar-refractivity contribution in [3.05, 3.63) is 65.2 Å². The molecule has 0 radical (unpaired) electrons. The van der Waals surface area contributed by atoms with Crippen molar-refractivity contribution in [1.82, 2.24) is 4.90 Å². The molecule has 0 aromatic heterocycles. The van der Waals surface area contributed by atoms with Gasteiger partial charge >= 0.3 is 0 Å². The molecule has 140 valence electrons. The predicted octanol–water partition coefficient (Wildman–Crippen LogP) is 2.82. The van der Waals surface area contributed by atoms with Crippen LogP contribution in [0.15, 0.2) is 54.1 Å². The summed E-state index contributed by atoms with van der Waals surface area (Å²) in [5, 5.41) is 18.3. The molecular formula is C22H20N4O2. The number of carbonyl (C=O) groups is 1. The van der Waals surface area contributed by atoms with Gasteiger partial charge in [0.1, 0.15) is 17.4 Å². The number of benzene rings is 2. The van der Waals surface area contributed by atoms with E-state index in [4.69, 9.17) is 10.00 Å². The second-order valence-corrected chi connectivity index (χ2v) is 6.38. The fraction of sp³-hybridized carbons (Fsp3) is 0.227. The Hall–Kier alpha value is -3.77. The molecule has 28 heavy (non-hydrogen) atoms. The minimum absolute atomic E-state index is 0.0996. The molecule has 0 unspecified atom stereocenters. The highest BCUT2D eigenvalue weighted by Crippen LogP contribution is 2.21. The van der Waals surface area contributed by atoms with Crippen LogP contribution in [0.1, 0.15) is 11.1 Å². The Morgan fingerprint density at radius 1 is 1.00 bits per heavy atom. The van der Waals surface area contributed by atoms with Gasteiger partial charge in [-0.05, 0) is 48.0 Å². The maximum absolute atomic E-state index is 12.7. The second-order valence-electron chi connectivity index (χ2n) is 6.38. The molecule has 1 heterocycles. The van der Waals surface area contributed by atoms with Crippen LogP contribution in [0.25, 0.3) is 6.08 Å². The van der Waals surface area contributed by atoms with Gasteiger partial charge in [0.25, 0.3) is 5.91 Å². The number of carbonyl (C=O) groups excluding carboxylic acids is 1. The summed E-state index contributed by atoms with van der Waals surface area (Å²) in [4.78, 5) is 16.6. The minimum atomic E-state index is -0.263. The zero-order valence-corrected chi connectivity index (χ0v) is 15.6. The Morgan fingerprint density at radius 3 is 2.18 bits per heavy atom. The van der Waals surface area contributed by atoms with Crippen LogP contribution in [0, 0.1) is 22.7 Å². The molecule has 1 aliphatic rings. The Balaban J connectivity index is 1.65. The van der Waals surface area contributed by atoms with Crippen molar-refractivity contribution in [3.8, 4) is 17.9 Å². The summed E-state index contributed by atoms with van der Waals surface area (Å²) in [6, 6.07) is 18.7. The number of methoxy groups -OCH3 is 1. The first-order valence-corrected chi connectivity index (χ1v) is 8.95. The number of rotatable bonds is 4. The van der Waals surface area contributed by atoms with Gasteiger partial charge in [0.05, 0.1) is 18.7 Å². The maximum Gasteiger partial charge on any atom is 0.264 e. The van der Waals surface area contributed by atoms with Gasteiger partial charge in [-0.15, -0.1) is 0 Å². The quantitative estimate of drug-likeness (QED) is 0.609. The third kappa shape index (κ3) is 4.31. The van der Waals surface area contributed by atoms with Crippen molar-refractivity contribution in [1.29, 1.82) is 10.5 Å². The number of hydrogen-bond donors (Lipinski definition) is 0. The fourth-order valence-corrected chi connectivity index (χ4v) is 3.09. The van der Waals surface area contributed by atoms with Crippen molar-refractivity contribution >= 4 is 17.7 Å². The Morgan fingerprint density at radius 2 is 1.64 bits per heavy atom. The lowest BCUT2D eigenvalue weighted by Gasteiger charge is -2.36. The van der Waals surface area contributed by atoms with Crippen LogP contribution >= 0.6 is 0 Å². The Bertz CT molecular complexity index is 942. The number of anilines is 1. The van der Waals surface area contributed by atoms with Crippen LogP contribution in [-0.2, 0) is 4.79 Å². The standard InChI is InChI=1S/C22H20N4O2/c1-28-21-8-6-20(7-9-21)25-10-12-26(13-11-25)22(27)19(16-24)14-17-2-4-18(15-23)5-3-17/h2-9,14H,10-13H2,1H3/b19-14+. The van der Waals surface area contributed by atoms with Crippen molar-refractivity contribution in [3.63, 3.8) is 0 Å². The van der Waals surface area contributed by atoms with Crippen molar-refractivity contribution in [2.24, 2.45) is 0 Å². The Labute approximate surface area is 164 Å². The Kier molecular flexibility index (Phi) is 5.94. The largest absolute Gasteiger partial charge is 0.497 e. The molecule has 1 fully saturated rings. The van der Waals surface area contributed by atoms with Crippen LogP contribution in [0.3, 0.4) is 0 Å². The summed E-state index contributed by atoms with van der Waals surface area (Å²) in [5.41, 5.74) is 2.45.